The SMILES string of the molecule is CN(C)c1n[nH]c(CCOc2ccccc2)n1. The van der Waals surface area contributed by atoms with E-state index in [1.165, 1.54) is 0 Å². The van der Waals surface area contributed by atoms with E-state index in [-0.39, 0.29) is 0 Å². The number of nitrogens with zero attached hydrogens (tertiary/aromatic N) is 3. The summed E-state index contributed by atoms with van der Waals surface area (Å²) in [5.74, 6) is 2.41. The molecular weight excluding hydrogens is 216 g/mol. The van der Waals surface area contributed by atoms with Gasteiger partial charge in [-0.1, -0.05) is 18.2 Å². The van der Waals surface area contributed by atoms with Gasteiger partial charge in [-0.2, -0.15) is 4.98 Å². The summed E-state index contributed by atoms with van der Waals surface area (Å²) in [6, 6.07) is 9.74. The van der Waals surface area contributed by atoms with Crippen LogP contribution in [-0.4, -0.2) is 35.9 Å². The summed E-state index contributed by atoms with van der Waals surface area (Å²) < 4.78 is 5.58. The van der Waals surface area contributed by atoms with Crippen molar-refractivity contribution in [3.8, 4) is 5.75 Å². The first-order chi connectivity index (χ1) is 8.25. The van der Waals surface area contributed by atoms with Gasteiger partial charge in [-0.05, 0) is 12.1 Å². The van der Waals surface area contributed by atoms with Crippen LogP contribution >= 0.6 is 0 Å². The summed E-state index contributed by atoms with van der Waals surface area (Å²) in [6.45, 7) is 0.589. The van der Waals surface area contributed by atoms with Crippen LogP contribution in [0.5, 0.6) is 5.75 Å². The number of ether oxygens (including phenoxy) is 1. The fraction of sp³-hybridized carbons (Fsp3) is 0.333. The van der Waals surface area contributed by atoms with Crippen LogP contribution in [0.3, 0.4) is 0 Å². The molecule has 5 nitrogen and oxygen atoms in total. The molecule has 0 spiro atoms. The number of para-hydroxylation sites is 1. The van der Waals surface area contributed by atoms with Crippen molar-refractivity contribution in [3.05, 3.63) is 36.2 Å². The molecule has 0 saturated carbocycles. The Morgan fingerprint density at radius 1 is 1.24 bits per heavy atom. The highest BCUT2D eigenvalue weighted by molar-refractivity contribution is 5.25. The molecule has 0 aliphatic heterocycles. The van der Waals surface area contributed by atoms with E-state index in [1.807, 2.05) is 49.3 Å². The summed E-state index contributed by atoms with van der Waals surface area (Å²) in [4.78, 5) is 6.18. The normalized spacial score (nSPS) is 10.2. The summed E-state index contributed by atoms with van der Waals surface area (Å²) >= 11 is 0. The molecule has 0 aliphatic carbocycles. The van der Waals surface area contributed by atoms with Gasteiger partial charge in [0.15, 0.2) is 0 Å². The average Bonchev–Trinajstić information content (AvgIpc) is 2.79. The van der Waals surface area contributed by atoms with Crippen LogP contribution in [-0.2, 0) is 6.42 Å². The molecule has 5 heteroatoms. The molecule has 0 radical (unpaired) electrons. The van der Waals surface area contributed by atoms with E-state index in [0.717, 1.165) is 18.0 Å². The lowest BCUT2D eigenvalue weighted by atomic mass is 10.3. The van der Waals surface area contributed by atoms with Gasteiger partial charge in [-0.3, -0.25) is 5.10 Å². The summed E-state index contributed by atoms with van der Waals surface area (Å²) in [6.07, 6.45) is 0.718. The number of hydrogen-bond acceptors (Lipinski definition) is 4. The lowest BCUT2D eigenvalue weighted by molar-refractivity contribution is 0.319. The maximum absolute atomic E-state index is 5.58. The van der Waals surface area contributed by atoms with Gasteiger partial charge in [-0.15, -0.1) is 5.10 Å². The van der Waals surface area contributed by atoms with Gasteiger partial charge >= 0.3 is 0 Å². The molecule has 17 heavy (non-hydrogen) atoms. The largest absolute Gasteiger partial charge is 0.493 e. The Kier molecular flexibility index (Phi) is 3.59. The fourth-order valence-electron chi connectivity index (χ4n) is 1.38. The lowest BCUT2D eigenvalue weighted by Gasteiger charge is -2.04. The van der Waals surface area contributed by atoms with E-state index >= 15 is 0 Å². The molecule has 0 unspecified atom stereocenters. The van der Waals surface area contributed by atoms with Crippen LogP contribution in [0.2, 0.25) is 0 Å². The Bertz CT molecular complexity index is 453. The minimum Gasteiger partial charge on any atom is -0.493 e. The second-order valence-corrected chi connectivity index (χ2v) is 3.89. The molecule has 0 fully saturated rings. The van der Waals surface area contributed by atoms with E-state index in [9.17, 15) is 0 Å². The van der Waals surface area contributed by atoms with Gasteiger partial charge in [0.1, 0.15) is 11.6 Å². The number of aromatic nitrogens is 3. The Labute approximate surface area is 100 Å². The quantitative estimate of drug-likeness (QED) is 0.848. The predicted molar refractivity (Wildman–Crippen MR) is 66.4 cm³/mol. The van der Waals surface area contributed by atoms with E-state index < -0.39 is 0 Å². The monoisotopic (exact) mass is 232 g/mol. The van der Waals surface area contributed by atoms with Crippen LogP contribution in [0.15, 0.2) is 30.3 Å². The van der Waals surface area contributed by atoms with Crippen molar-refractivity contribution in [1.29, 1.82) is 0 Å². The maximum Gasteiger partial charge on any atom is 0.244 e. The molecule has 2 rings (SSSR count). The molecule has 0 amide bonds. The predicted octanol–water partition coefficient (Wildman–Crippen LogP) is 1.49. The van der Waals surface area contributed by atoms with Crippen molar-refractivity contribution in [3.63, 3.8) is 0 Å². The molecule has 0 atom stereocenters. The Morgan fingerprint density at radius 2 is 2.00 bits per heavy atom. The minimum absolute atomic E-state index is 0.589. The first kappa shape index (κ1) is 11.4. The van der Waals surface area contributed by atoms with Gasteiger partial charge < -0.3 is 9.64 Å². The molecule has 2 aromatic rings. The maximum atomic E-state index is 5.58. The van der Waals surface area contributed by atoms with Gasteiger partial charge in [0, 0.05) is 20.5 Å². The van der Waals surface area contributed by atoms with E-state index in [4.69, 9.17) is 4.74 Å². The minimum atomic E-state index is 0.589. The third-order valence-corrected chi connectivity index (χ3v) is 2.27. The van der Waals surface area contributed by atoms with Gasteiger partial charge in [-0.25, -0.2) is 0 Å². The van der Waals surface area contributed by atoms with Gasteiger partial charge in [0.05, 0.1) is 6.61 Å². The Hall–Kier alpha value is -2.04. The van der Waals surface area contributed by atoms with Crippen molar-refractivity contribution in [2.45, 2.75) is 6.42 Å². The highest BCUT2D eigenvalue weighted by Crippen LogP contribution is 2.09. The molecule has 1 N–H and O–H groups in total. The number of H-pyrrole nitrogens is 1. The summed E-state index contributed by atoms with van der Waals surface area (Å²) in [5.41, 5.74) is 0. The van der Waals surface area contributed by atoms with Crippen molar-refractivity contribution >= 4 is 5.95 Å². The number of benzene rings is 1. The van der Waals surface area contributed by atoms with Gasteiger partial charge in [0.25, 0.3) is 0 Å². The number of anilines is 1. The topological polar surface area (TPSA) is 54.0 Å². The van der Waals surface area contributed by atoms with Crippen molar-refractivity contribution in [1.82, 2.24) is 15.2 Å². The smallest absolute Gasteiger partial charge is 0.244 e. The molecule has 1 aromatic heterocycles. The molecule has 0 saturated heterocycles. The number of nitrogens with one attached hydrogen (secondary N) is 1. The third-order valence-electron chi connectivity index (χ3n) is 2.27. The average molecular weight is 232 g/mol. The Balaban J connectivity index is 1.82. The number of aromatic amines is 1. The van der Waals surface area contributed by atoms with Crippen LogP contribution < -0.4 is 9.64 Å². The molecule has 0 bridgehead atoms. The molecule has 1 aromatic carbocycles. The molecule has 1 heterocycles. The van der Waals surface area contributed by atoms with Gasteiger partial charge in [0.2, 0.25) is 5.95 Å². The zero-order valence-electron chi connectivity index (χ0n) is 10.1. The lowest BCUT2D eigenvalue weighted by Crippen LogP contribution is -2.10. The van der Waals surface area contributed by atoms with Crippen molar-refractivity contribution < 1.29 is 4.74 Å². The summed E-state index contributed by atoms with van der Waals surface area (Å²) in [5, 5.41) is 6.97. The third kappa shape index (κ3) is 3.21. The highest BCUT2D eigenvalue weighted by Gasteiger charge is 2.04. The standard InChI is InChI=1S/C12H16N4O/c1-16(2)12-13-11(14-15-12)8-9-17-10-6-4-3-5-7-10/h3-7H,8-9H2,1-2H3,(H,13,14,15). The van der Waals surface area contributed by atoms with Crippen LogP contribution in [0.1, 0.15) is 5.82 Å². The van der Waals surface area contributed by atoms with E-state index in [0.29, 0.717) is 12.6 Å². The van der Waals surface area contributed by atoms with Crippen molar-refractivity contribution in [2.24, 2.45) is 0 Å². The first-order valence-electron chi connectivity index (χ1n) is 5.52. The van der Waals surface area contributed by atoms with Crippen LogP contribution in [0.4, 0.5) is 5.95 Å². The van der Waals surface area contributed by atoms with Crippen molar-refractivity contribution in [2.75, 3.05) is 25.6 Å². The Morgan fingerprint density at radius 3 is 2.65 bits per heavy atom. The van der Waals surface area contributed by atoms with Crippen LogP contribution in [0.25, 0.3) is 0 Å². The van der Waals surface area contributed by atoms with E-state index in [2.05, 4.69) is 15.2 Å². The number of rotatable bonds is 5. The second kappa shape index (κ2) is 5.34. The van der Waals surface area contributed by atoms with E-state index in [1.54, 1.807) is 0 Å². The highest BCUT2D eigenvalue weighted by atomic mass is 16.5. The fourth-order valence-corrected chi connectivity index (χ4v) is 1.38. The molecular formula is C12H16N4O. The zero-order chi connectivity index (χ0) is 12.1. The first-order valence-corrected chi connectivity index (χ1v) is 5.52. The molecule has 90 valence electrons. The molecule has 0 aliphatic rings. The summed E-state index contributed by atoms with van der Waals surface area (Å²) in [7, 11) is 3.82. The zero-order valence-corrected chi connectivity index (χ0v) is 10.1. The second-order valence-electron chi connectivity index (χ2n) is 3.89. The van der Waals surface area contributed by atoms with Crippen LogP contribution in [0, 0.1) is 0 Å². The number of hydrogen-bond donors (Lipinski definition) is 1.